The Morgan fingerprint density at radius 1 is 1.20 bits per heavy atom. The van der Waals surface area contributed by atoms with E-state index in [-0.39, 0.29) is 13.2 Å². The molecular weight excluding hydrogens is 254 g/mol. The van der Waals surface area contributed by atoms with Crippen LogP contribution in [0.25, 0.3) is 0 Å². The summed E-state index contributed by atoms with van der Waals surface area (Å²) < 4.78 is 38.8. The van der Waals surface area contributed by atoms with E-state index in [2.05, 4.69) is 8.83 Å². The molecule has 0 aliphatic carbocycles. The lowest BCUT2D eigenvalue weighted by Gasteiger charge is -2.24. The van der Waals surface area contributed by atoms with E-state index in [9.17, 15) is 9.13 Å². The van der Waals surface area contributed by atoms with Crippen LogP contribution in [0.1, 0.15) is 0 Å². The Labute approximate surface area is 84.8 Å². The van der Waals surface area contributed by atoms with E-state index in [0.29, 0.717) is 6.61 Å². The number of ether oxygens (including phenoxy) is 2. The van der Waals surface area contributed by atoms with Crippen LogP contribution in [0.4, 0.5) is 0 Å². The average Bonchev–Trinajstić information content (AvgIpc) is 1.99. The summed E-state index contributed by atoms with van der Waals surface area (Å²) in [6, 6.07) is 0. The Hall–Kier alpha value is 0.180. The summed E-state index contributed by atoms with van der Waals surface area (Å²) in [6.45, 7) is 0.352. The standard InChI is InChI=1S/C4H10O9P2/c5-14(6,7)13-15(8,9)12-4-3-10-1-2-11-4/h4H,1-3H2,(H,8,9)(H2,5,6,7). The summed E-state index contributed by atoms with van der Waals surface area (Å²) in [6.07, 6.45) is -1.18. The van der Waals surface area contributed by atoms with Crippen LogP contribution < -0.4 is 0 Å². The minimum absolute atomic E-state index is 0.116. The van der Waals surface area contributed by atoms with E-state index in [1.807, 2.05) is 0 Å². The molecule has 1 fully saturated rings. The van der Waals surface area contributed by atoms with Crippen molar-refractivity contribution in [3.63, 3.8) is 0 Å². The second kappa shape index (κ2) is 5.01. The van der Waals surface area contributed by atoms with Crippen molar-refractivity contribution < 1.29 is 42.1 Å². The highest BCUT2D eigenvalue weighted by molar-refractivity contribution is 7.60. The van der Waals surface area contributed by atoms with Crippen molar-refractivity contribution in [2.45, 2.75) is 6.29 Å². The molecule has 1 rings (SSSR count). The van der Waals surface area contributed by atoms with Crippen LogP contribution in [0.5, 0.6) is 0 Å². The highest BCUT2D eigenvalue weighted by atomic mass is 31.3. The van der Waals surface area contributed by atoms with Crippen molar-refractivity contribution in [1.82, 2.24) is 0 Å². The molecule has 2 atom stereocenters. The molecule has 0 aromatic rings. The second-order valence-electron chi connectivity index (χ2n) is 2.52. The molecule has 1 aliphatic heterocycles. The van der Waals surface area contributed by atoms with Gasteiger partial charge >= 0.3 is 15.6 Å². The predicted octanol–water partition coefficient (Wildman–Crippen LogP) is -0.414. The SMILES string of the molecule is O=P(O)(O)OP(=O)(O)OC1COCCO1. The van der Waals surface area contributed by atoms with E-state index in [0.717, 1.165) is 0 Å². The molecule has 1 aliphatic rings. The van der Waals surface area contributed by atoms with Crippen LogP contribution in [0.3, 0.4) is 0 Å². The number of hydrogen-bond donors (Lipinski definition) is 3. The van der Waals surface area contributed by atoms with Gasteiger partial charge in [0.1, 0.15) is 0 Å². The fraction of sp³-hybridized carbons (Fsp3) is 1.00. The minimum atomic E-state index is -5.09. The van der Waals surface area contributed by atoms with Crippen LogP contribution in [0.15, 0.2) is 0 Å². The molecule has 0 bridgehead atoms. The highest BCUT2D eigenvalue weighted by Gasteiger charge is 2.36. The third kappa shape index (κ3) is 5.72. The van der Waals surface area contributed by atoms with Gasteiger partial charge in [0.15, 0.2) is 6.29 Å². The Bertz CT molecular complexity index is 290. The first kappa shape index (κ1) is 13.2. The molecule has 0 amide bonds. The molecule has 0 spiro atoms. The number of phosphoric ester groups is 1. The topological polar surface area (TPSA) is 132 Å². The van der Waals surface area contributed by atoms with Crippen molar-refractivity contribution in [3.8, 4) is 0 Å². The average molecular weight is 264 g/mol. The van der Waals surface area contributed by atoms with Gasteiger partial charge in [0.25, 0.3) is 0 Å². The van der Waals surface area contributed by atoms with Crippen LogP contribution in [0.2, 0.25) is 0 Å². The van der Waals surface area contributed by atoms with Gasteiger partial charge in [0.05, 0.1) is 19.8 Å². The fourth-order valence-electron chi connectivity index (χ4n) is 0.829. The van der Waals surface area contributed by atoms with Gasteiger partial charge in [-0.05, 0) is 0 Å². The van der Waals surface area contributed by atoms with Crippen molar-refractivity contribution in [1.29, 1.82) is 0 Å². The molecule has 90 valence electrons. The summed E-state index contributed by atoms with van der Waals surface area (Å²) in [5.41, 5.74) is 0. The van der Waals surface area contributed by atoms with Crippen LogP contribution in [-0.2, 0) is 27.4 Å². The molecule has 0 saturated carbocycles. The highest BCUT2D eigenvalue weighted by Crippen LogP contribution is 2.58. The van der Waals surface area contributed by atoms with Crippen molar-refractivity contribution in [2.75, 3.05) is 19.8 Å². The molecular formula is C4H10O9P2. The summed E-state index contributed by atoms with van der Waals surface area (Å²) in [7, 11) is -9.94. The van der Waals surface area contributed by atoms with Gasteiger partial charge in [-0.2, -0.15) is 4.31 Å². The Kier molecular flexibility index (Phi) is 4.42. The van der Waals surface area contributed by atoms with Crippen molar-refractivity contribution in [3.05, 3.63) is 0 Å². The first-order chi connectivity index (χ1) is 6.79. The largest absolute Gasteiger partial charge is 0.483 e. The summed E-state index contributed by atoms with van der Waals surface area (Å²) in [5, 5.41) is 0. The van der Waals surface area contributed by atoms with Crippen LogP contribution >= 0.6 is 15.6 Å². The molecule has 2 unspecified atom stereocenters. The monoisotopic (exact) mass is 264 g/mol. The van der Waals surface area contributed by atoms with Gasteiger partial charge in [-0.3, -0.25) is 4.52 Å². The maximum atomic E-state index is 11.0. The van der Waals surface area contributed by atoms with Gasteiger partial charge in [0.2, 0.25) is 0 Å². The molecule has 0 aromatic carbocycles. The van der Waals surface area contributed by atoms with Crippen molar-refractivity contribution in [2.24, 2.45) is 0 Å². The van der Waals surface area contributed by atoms with Crippen molar-refractivity contribution >= 4 is 15.6 Å². The van der Waals surface area contributed by atoms with E-state index in [4.69, 9.17) is 24.2 Å². The maximum Gasteiger partial charge on any atom is 0.483 e. The maximum absolute atomic E-state index is 11.0. The van der Waals surface area contributed by atoms with Crippen LogP contribution in [0, 0.1) is 0 Å². The van der Waals surface area contributed by atoms with E-state index in [1.165, 1.54) is 0 Å². The van der Waals surface area contributed by atoms with E-state index in [1.54, 1.807) is 0 Å². The van der Waals surface area contributed by atoms with Gasteiger partial charge in [-0.15, -0.1) is 0 Å². The van der Waals surface area contributed by atoms with Gasteiger partial charge < -0.3 is 24.2 Å². The number of hydrogen-bond acceptors (Lipinski definition) is 6. The first-order valence-electron chi connectivity index (χ1n) is 3.76. The molecule has 0 aromatic heterocycles. The molecule has 11 heteroatoms. The van der Waals surface area contributed by atoms with Gasteiger partial charge in [-0.25, -0.2) is 9.13 Å². The molecule has 3 N–H and O–H groups in total. The summed E-state index contributed by atoms with van der Waals surface area (Å²) in [4.78, 5) is 25.5. The predicted molar refractivity (Wildman–Crippen MR) is 44.6 cm³/mol. The number of rotatable bonds is 4. The zero-order valence-electron chi connectivity index (χ0n) is 7.38. The smallest absolute Gasteiger partial charge is 0.374 e. The lowest BCUT2D eigenvalue weighted by molar-refractivity contribution is -0.177. The number of phosphoric acid groups is 2. The molecule has 1 saturated heterocycles. The molecule has 1 heterocycles. The Morgan fingerprint density at radius 3 is 2.33 bits per heavy atom. The zero-order chi connectivity index (χ0) is 11.5. The quantitative estimate of drug-likeness (QED) is 0.579. The summed E-state index contributed by atoms with van der Waals surface area (Å²) >= 11 is 0. The molecule has 9 nitrogen and oxygen atoms in total. The lowest BCUT2D eigenvalue weighted by atomic mass is 10.6. The third-order valence-electron chi connectivity index (χ3n) is 1.25. The zero-order valence-corrected chi connectivity index (χ0v) is 9.17. The molecule has 15 heavy (non-hydrogen) atoms. The minimum Gasteiger partial charge on any atom is -0.374 e. The van der Waals surface area contributed by atoms with E-state index < -0.39 is 21.9 Å². The second-order valence-corrected chi connectivity index (χ2v) is 5.30. The van der Waals surface area contributed by atoms with Gasteiger partial charge in [-0.1, -0.05) is 0 Å². The summed E-state index contributed by atoms with van der Waals surface area (Å²) in [5.74, 6) is 0. The Morgan fingerprint density at radius 2 is 1.87 bits per heavy atom. The third-order valence-corrected chi connectivity index (χ3v) is 3.42. The van der Waals surface area contributed by atoms with E-state index >= 15 is 0 Å². The first-order valence-corrected chi connectivity index (χ1v) is 6.78. The van der Waals surface area contributed by atoms with Gasteiger partial charge in [0, 0.05) is 0 Å². The Balaban J connectivity index is 2.47. The lowest BCUT2D eigenvalue weighted by Crippen LogP contribution is -2.30. The van der Waals surface area contributed by atoms with Crippen LogP contribution in [-0.4, -0.2) is 40.8 Å². The normalized spacial score (nSPS) is 27.3. The fourth-order valence-corrected chi connectivity index (χ4v) is 2.48. The molecule has 0 radical (unpaired) electrons.